The summed E-state index contributed by atoms with van der Waals surface area (Å²) in [6.45, 7) is 25.4. The summed E-state index contributed by atoms with van der Waals surface area (Å²) in [7, 11) is 0. The number of aryl methyl sites for hydroxylation is 7. The van der Waals surface area contributed by atoms with Gasteiger partial charge in [-0.1, -0.05) is 228 Å². The lowest BCUT2D eigenvalue weighted by atomic mass is 9.64. The molecular formula is C85H73N3. The van der Waals surface area contributed by atoms with E-state index in [4.69, 9.17) is 13.2 Å². The first-order valence-corrected chi connectivity index (χ1v) is 30.6. The lowest BCUT2D eigenvalue weighted by Gasteiger charge is -2.37. The molecule has 0 aliphatic heterocycles. The number of allylic oxidation sites excluding steroid dienone is 2. The van der Waals surface area contributed by atoms with Gasteiger partial charge in [0.2, 0.25) is 0 Å². The SMILES string of the molecule is C=C(c1ccc(C(c2ccc(C)cc2)c2ccc(N(c3ccc(C)cc3)c3ccc(C)cc3)cc2)cc1)C1(C(=C)c2ccc(N(c3ccc(C)cc3)c3ccc(N(c4ccc(C)cc4)c4ccc(C)cc4)cc3)cc2)c2ccccc2-c2ccc(C)cc21. The maximum absolute atomic E-state index is 5.16. The molecule has 88 heavy (non-hydrogen) atoms. The average Bonchev–Trinajstić information content (AvgIpc) is 1.61. The summed E-state index contributed by atoms with van der Waals surface area (Å²) in [5, 5.41) is 0. The van der Waals surface area contributed by atoms with Crippen LogP contribution < -0.4 is 14.7 Å². The van der Waals surface area contributed by atoms with Crippen molar-refractivity contribution in [1.29, 1.82) is 0 Å². The fourth-order valence-electron chi connectivity index (χ4n) is 13.1. The van der Waals surface area contributed by atoms with Gasteiger partial charge in [0.1, 0.15) is 0 Å². The number of hydrogen-bond acceptors (Lipinski definition) is 3. The van der Waals surface area contributed by atoms with Crippen LogP contribution in [0.1, 0.15) is 83.8 Å². The van der Waals surface area contributed by atoms with Crippen LogP contribution in [-0.4, -0.2) is 0 Å². The van der Waals surface area contributed by atoms with Crippen molar-refractivity contribution in [2.75, 3.05) is 14.7 Å². The third kappa shape index (κ3) is 10.7. The maximum Gasteiger partial charge on any atom is 0.0713 e. The number of fused-ring (bicyclic) bond motifs is 3. The lowest BCUT2D eigenvalue weighted by Crippen LogP contribution is -2.28. The van der Waals surface area contributed by atoms with Crippen molar-refractivity contribution in [1.82, 2.24) is 0 Å². The summed E-state index contributed by atoms with van der Waals surface area (Å²) in [5.41, 5.74) is 30.1. The molecule has 0 N–H and O–H groups in total. The fraction of sp³-hybridized carbons (Fsp3) is 0.106. The second-order valence-corrected chi connectivity index (χ2v) is 24.1. The van der Waals surface area contributed by atoms with Gasteiger partial charge in [-0.3, -0.25) is 0 Å². The quantitative estimate of drug-likeness (QED) is 0.0893. The first-order chi connectivity index (χ1) is 42.8. The van der Waals surface area contributed by atoms with Crippen LogP contribution in [0.15, 0.2) is 298 Å². The topological polar surface area (TPSA) is 9.72 Å². The second-order valence-electron chi connectivity index (χ2n) is 24.1. The van der Waals surface area contributed by atoms with Gasteiger partial charge in [-0.25, -0.2) is 0 Å². The highest BCUT2D eigenvalue weighted by molar-refractivity contribution is 6.03. The van der Waals surface area contributed by atoms with E-state index in [1.807, 2.05) is 0 Å². The molecule has 2 unspecified atom stereocenters. The predicted octanol–water partition coefficient (Wildman–Crippen LogP) is 23.1. The second kappa shape index (κ2) is 23.8. The van der Waals surface area contributed by atoms with Gasteiger partial charge in [0, 0.05) is 57.1 Å². The summed E-state index contributed by atoms with van der Waals surface area (Å²) in [6, 6.07) is 105. The lowest BCUT2D eigenvalue weighted by molar-refractivity contribution is 0.893. The number of benzene rings is 12. The summed E-state index contributed by atoms with van der Waals surface area (Å²) >= 11 is 0. The molecule has 428 valence electrons. The molecule has 1 aliphatic rings. The Kier molecular flexibility index (Phi) is 15.3. The summed E-state index contributed by atoms with van der Waals surface area (Å²) < 4.78 is 0. The summed E-state index contributed by atoms with van der Waals surface area (Å²) in [4.78, 5) is 7.02. The van der Waals surface area contributed by atoms with Gasteiger partial charge in [0.05, 0.1) is 5.41 Å². The molecule has 3 heteroatoms. The number of anilines is 9. The van der Waals surface area contributed by atoms with E-state index in [2.05, 4.69) is 348 Å². The Morgan fingerprint density at radius 2 is 0.500 bits per heavy atom. The zero-order valence-electron chi connectivity index (χ0n) is 51.5. The molecule has 0 fully saturated rings. The average molecular weight is 1140 g/mol. The Morgan fingerprint density at radius 3 is 0.852 bits per heavy atom. The van der Waals surface area contributed by atoms with Crippen LogP contribution in [0, 0.1) is 48.5 Å². The number of rotatable bonds is 16. The Morgan fingerprint density at radius 1 is 0.261 bits per heavy atom. The van der Waals surface area contributed by atoms with Crippen LogP contribution >= 0.6 is 0 Å². The van der Waals surface area contributed by atoms with Crippen molar-refractivity contribution in [2.45, 2.75) is 59.8 Å². The molecule has 12 aromatic rings. The highest BCUT2D eigenvalue weighted by Crippen LogP contribution is 2.61. The van der Waals surface area contributed by atoms with Gasteiger partial charge < -0.3 is 14.7 Å². The first-order valence-electron chi connectivity index (χ1n) is 30.6. The first kappa shape index (κ1) is 56.6. The van der Waals surface area contributed by atoms with E-state index in [1.54, 1.807) is 0 Å². The monoisotopic (exact) mass is 1140 g/mol. The minimum atomic E-state index is -0.790. The van der Waals surface area contributed by atoms with E-state index in [1.165, 1.54) is 77.9 Å². The fourth-order valence-corrected chi connectivity index (χ4v) is 13.1. The Balaban J connectivity index is 0.867. The van der Waals surface area contributed by atoms with Crippen molar-refractivity contribution in [3.05, 3.63) is 376 Å². The summed E-state index contributed by atoms with van der Waals surface area (Å²) in [6.07, 6.45) is 0. The molecule has 0 amide bonds. The van der Waals surface area contributed by atoms with E-state index in [0.29, 0.717) is 0 Å². The van der Waals surface area contributed by atoms with Crippen LogP contribution in [0.25, 0.3) is 22.3 Å². The van der Waals surface area contributed by atoms with E-state index in [0.717, 1.165) is 73.5 Å². The maximum atomic E-state index is 5.16. The van der Waals surface area contributed by atoms with Crippen molar-refractivity contribution >= 4 is 62.3 Å². The molecule has 1 aliphatic carbocycles. The van der Waals surface area contributed by atoms with Crippen molar-refractivity contribution in [3.8, 4) is 11.1 Å². The van der Waals surface area contributed by atoms with Crippen LogP contribution in [0.5, 0.6) is 0 Å². The van der Waals surface area contributed by atoms with Crippen LogP contribution in [-0.2, 0) is 5.41 Å². The van der Waals surface area contributed by atoms with Gasteiger partial charge in [-0.15, -0.1) is 0 Å². The molecule has 2 atom stereocenters. The van der Waals surface area contributed by atoms with Crippen LogP contribution in [0.2, 0.25) is 0 Å². The van der Waals surface area contributed by atoms with Gasteiger partial charge in [0.15, 0.2) is 0 Å². The van der Waals surface area contributed by atoms with Crippen molar-refractivity contribution < 1.29 is 0 Å². The smallest absolute Gasteiger partial charge is 0.0713 e. The molecule has 0 saturated heterocycles. The van der Waals surface area contributed by atoms with Gasteiger partial charge in [-0.2, -0.15) is 0 Å². The predicted molar refractivity (Wildman–Crippen MR) is 375 cm³/mol. The largest absolute Gasteiger partial charge is 0.311 e. The van der Waals surface area contributed by atoms with Crippen molar-refractivity contribution in [2.24, 2.45) is 0 Å². The molecule has 0 bridgehead atoms. The van der Waals surface area contributed by atoms with Gasteiger partial charge in [0.25, 0.3) is 0 Å². The van der Waals surface area contributed by atoms with E-state index in [-0.39, 0.29) is 5.92 Å². The molecule has 13 rings (SSSR count). The molecular weight excluding hydrogens is 1060 g/mol. The molecule has 0 saturated carbocycles. The molecule has 3 nitrogen and oxygen atoms in total. The third-order valence-corrected chi connectivity index (χ3v) is 17.9. The molecule has 0 spiro atoms. The molecule has 0 radical (unpaired) electrons. The number of hydrogen-bond donors (Lipinski definition) is 0. The standard InChI is InChI=1S/C85H73N3/c1-57-14-27-68(28-15-57)84(70-35-49-77(50-36-70)86(71-37-16-58(2)17-38-71)72-39-18-59(3)19-40-72)69-31-29-66(30-32-69)64(8)85(82-13-11-10-12-80(82)81-55-26-63(7)56-83(81)85)65(9)67-33-47-76(48-34-67)88(75-45-24-62(6)25-46-75)79-53-51-78(52-54-79)87(73-41-20-60(4)21-42-73)74-43-22-61(5)23-44-74/h10-56,84H,8-9H2,1-7H3. The highest BCUT2D eigenvalue weighted by Gasteiger charge is 2.48. The third-order valence-electron chi connectivity index (χ3n) is 17.9. The zero-order valence-corrected chi connectivity index (χ0v) is 51.5. The Labute approximate surface area is 521 Å². The molecule has 0 heterocycles. The van der Waals surface area contributed by atoms with Crippen molar-refractivity contribution in [3.63, 3.8) is 0 Å². The Bertz CT molecular complexity index is 4130. The van der Waals surface area contributed by atoms with Crippen LogP contribution in [0.4, 0.5) is 51.2 Å². The van der Waals surface area contributed by atoms with E-state index in [9.17, 15) is 0 Å². The molecule has 12 aromatic carbocycles. The highest BCUT2D eigenvalue weighted by atomic mass is 15.2. The van der Waals surface area contributed by atoms with E-state index < -0.39 is 5.41 Å². The Hall–Kier alpha value is -10.5. The minimum Gasteiger partial charge on any atom is -0.311 e. The minimum absolute atomic E-state index is 0.0216. The zero-order chi connectivity index (χ0) is 60.6. The molecule has 0 aromatic heterocycles. The summed E-state index contributed by atoms with van der Waals surface area (Å²) in [5.74, 6) is -0.0216. The normalized spacial score (nSPS) is 13.5. The van der Waals surface area contributed by atoms with Gasteiger partial charge in [-0.05, 0) is 219 Å². The van der Waals surface area contributed by atoms with E-state index >= 15 is 0 Å². The van der Waals surface area contributed by atoms with Gasteiger partial charge >= 0.3 is 0 Å². The number of nitrogens with zero attached hydrogens (tertiary/aromatic N) is 3. The van der Waals surface area contributed by atoms with Crippen LogP contribution in [0.3, 0.4) is 0 Å².